The molecule has 0 aliphatic heterocycles. The Balaban J connectivity index is 1.32. The summed E-state index contributed by atoms with van der Waals surface area (Å²) in [4.78, 5) is 15.4. The molecule has 0 aliphatic carbocycles. The van der Waals surface area contributed by atoms with E-state index in [0.29, 0.717) is 0 Å². The average molecular weight is 638 g/mol. The van der Waals surface area contributed by atoms with Crippen LogP contribution >= 0.6 is 0 Å². The maximum Gasteiger partial charge on any atom is 0.0972 e. The first-order valence-corrected chi connectivity index (χ1v) is 16.9. The monoisotopic (exact) mass is 637 g/mol. The van der Waals surface area contributed by atoms with E-state index in [2.05, 4.69) is 181 Å². The van der Waals surface area contributed by atoms with Gasteiger partial charge in [-0.3, -0.25) is 4.98 Å². The maximum atomic E-state index is 5.56. The molecule has 9 rings (SSSR count). The van der Waals surface area contributed by atoms with E-state index in [9.17, 15) is 0 Å². The van der Waals surface area contributed by atoms with E-state index < -0.39 is 0 Å². The Morgan fingerprint density at radius 1 is 0.280 bits per heavy atom. The fraction of sp³-hybridized carbons (Fsp3) is 0. The van der Waals surface area contributed by atoms with Gasteiger partial charge in [0.25, 0.3) is 0 Å². The summed E-state index contributed by atoms with van der Waals surface area (Å²) < 4.78 is 0. The van der Waals surface area contributed by atoms with Gasteiger partial charge in [-0.2, -0.15) is 0 Å². The SMILES string of the molecule is c1ccc(-c2nc(-c3ccccc3)c(-c3ccccc3)c(-c3ccc(-c4ccc5ccc6cccnc6c5n4)cc3)c2-c2ccccc2)cc1. The molecule has 0 aliphatic rings. The quantitative estimate of drug-likeness (QED) is 0.170. The molecular weight excluding hydrogens is 607 g/mol. The van der Waals surface area contributed by atoms with Crippen molar-refractivity contribution in [2.75, 3.05) is 0 Å². The fourth-order valence-electron chi connectivity index (χ4n) is 6.95. The summed E-state index contributed by atoms with van der Waals surface area (Å²) in [6, 6.07) is 63.8. The van der Waals surface area contributed by atoms with Crippen molar-refractivity contribution in [2.24, 2.45) is 0 Å². The van der Waals surface area contributed by atoms with Crippen LogP contribution in [0.4, 0.5) is 0 Å². The minimum Gasteiger partial charge on any atom is -0.254 e. The predicted molar refractivity (Wildman–Crippen MR) is 207 cm³/mol. The molecule has 3 nitrogen and oxygen atoms in total. The lowest BCUT2D eigenvalue weighted by atomic mass is 9.83. The van der Waals surface area contributed by atoms with Crippen molar-refractivity contribution in [3.63, 3.8) is 0 Å². The first-order valence-electron chi connectivity index (χ1n) is 16.9. The number of rotatable bonds is 6. The van der Waals surface area contributed by atoms with E-state index in [-0.39, 0.29) is 0 Å². The smallest absolute Gasteiger partial charge is 0.0972 e. The Morgan fingerprint density at radius 3 is 1.26 bits per heavy atom. The van der Waals surface area contributed by atoms with E-state index >= 15 is 0 Å². The van der Waals surface area contributed by atoms with Crippen molar-refractivity contribution in [3.05, 3.63) is 188 Å². The van der Waals surface area contributed by atoms with E-state index in [1.807, 2.05) is 12.3 Å². The third-order valence-electron chi connectivity index (χ3n) is 9.32. The third-order valence-corrected chi connectivity index (χ3v) is 9.32. The van der Waals surface area contributed by atoms with Crippen LogP contribution in [-0.2, 0) is 0 Å². The lowest BCUT2D eigenvalue weighted by Gasteiger charge is -2.23. The van der Waals surface area contributed by atoms with Gasteiger partial charge in [-0.15, -0.1) is 0 Å². The number of fused-ring (bicyclic) bond motifs is 3. The van der Waals surface area contributed by atoms with Crippen LogP contribution in [0.3, 0.4) is 0 Å². The summed E-state index contributed by atoms with van der Waals surface area (Å²) in [6.07, 6.45) is 1.84. The Bertz CT molecular complexity index is 2500. The molecule has 0 amide bonds. The predicted octanol–water partition coefficient (Wildman–Crippen LogP) is 12.2. The lowest BCUT2D eigenvalue weighted by molar-refractivity contribution is 1.32. The van der Waals surface area contributed by atoms with Gasteiger partial charge in [0.2, 0.25) is 0 Å². The van der Waals surface area contributed by atoms with Crippen molar-refractivity contribution in [1.82, 2.24) is 15.0 Å². The standard InChI is InChI=1S/C47H31N3/c1-5-14-33(15-6-1)42-41(35-25-23-32(24-26-35)40-30-29-39-28-27-38-22-13-31-48-46(38)47(39)49-40)43(34-16-7-2-8-17-34)45(37-20-11-4-12-21-37)50-44(42)36-18-9-3-10-19-36/h1-31H. The lowest BCUT2D eigenvalue weighted by Crippen LogP contribution is -2.01. The van der Waals surface area contributed by atoms with Gasteiger partial charge in [0, 0.05) is 50.4 Å². The number of hydrogen-bond acceptors (Lipinski definition) is 3. The minimum atomic E-state index is 0.913. The highest BCUT2D eigenvalue weighted by Crippen LogP contribution is 2.48. The molecule has 0 saturated heterocycles. The molecular formula is C47H31N3. The first kappa shape index (κ1) is 29.4. The molecule has 234 valence electrons. The second kappa shape index (κ2) is 12.7. The molecule has 0 atom stereocenters. The summed E-state index contributed by atoms with van der Waals surface area (Å²) in [7, 11) is 0. The van der Waals surface area contributed by atoms with Crippen LogP contribution in [0.1, 0.15) is 0 Å². The van der Waals surface area contributed by atoms with Gasteiger partial charge in [0.05, 0.1) is 28.1 Å². The normalized spacial score (nSPS) is 11.2. The topological polar surface area (TPSA) is 38.7 Å². The zero-order valence-electron chi connectivity index (χ0n) is 27.2. The van der Waals surface area contributed by atoms with Gasteiger partial charge < -0.3 is 0 Å². The summed E-state index contributed by atoms with van der Waals surface area (Å²) in [5.41, 5.74) is 14.5. The van der Waals surface area contributed by atoms with Crippen molar-refractivity contribution >= 4 is 21.8 Å². The minimum absolute atomic E-state index is 0.913. The number of nitrogens with zero attached hydrogens (tertiary/aromatic N) is 3. The summed E-state index contributed by atoms with van der Waals surface area (Å²) in [5.74, 6) is 0. The molecule has 0 radical (unpaired) electrons. The first-order chi connectivity index (χ1) is 24.8. The molecule has 3 aromatic heterocycles. The zero-order valence-corrected chi connectivity index (χ0v) is 27.2. The van der Waals surface area contributed by atoms with Gasteiger partial charge in [-0.05, 0) is 28.8 Å². The molecule has 0 fully saturated rings. The van der Waals surface area contributed by atoms with Gasteiger partial charge in [-0.25, -0.2) is 9.97 Å². The van der Waals surface area contributed by atoms with E-state index in [1.54, 1.807) is 0 Å². The van der Waals surface area contributed by atoms with Crippen molar-refractivity contribution < 1.29 is 0 Å². The van der Waals surface area contributed by atoms with Crippen molar-refractivity contribution in [3.8, 4) is 67.2 Å². The zero-order chi connectivity index (χ0) is 33.3. The molecule has 3 heterocycles. The van der Waals surface area contributed by atoms with E-state index in [4.69, 9.17) is 9.97 Å². The van der Waals surface area contributed by atoms with Crippen LogP contribution in [0, 0.1) is 0 Å². The third kappa shape index (κ3) is 5.32. The van der Waals surface area contributed by atoms with Gasteiger partial charge >= 0.3 is 0 Å². The Kier molecular flexibility index (Phi) is 7.49. The number of pyridine rings is 3. The molecule has 0 saturated carbocycles. The van der Waals surface area contributed by atoms with Crippen LogP contribution in [0.5, 0.6) is 0 Å². The molecule has 0 N–H and O–H groups in total. The van der Waals surface area contributed by atoms with Gasteiger partial charge in [0.15, 0.2) is 0 Å². The van der Waals surface area contributed by atoms with E-state index in [1.165, 1.54) is 0 Å². The summed E-state index contributed by atoms with van der Waals surface area (Å²) in [6.45, 7) is 0. The molecule has 6 aromatic carbocycles. The molecule has 9 aromatic rings. The second-order valence-electron chi connectivity index (χ2n) is 12.4. The highest BCUT2D eigenvalue weighted by molar-refractivity contribution is 6.06. The van der Waals surface area contributed by atoms with Crippen LogP contribution in [0.15, 0.2) is 188 Å². The Morgan fingerprint density at radius 2 is 0.720 bits per heavy atom. The molecule has 0 unspecified atom stereocenters. The van der Waals surface area contributed by atoms with Crippen LogP contribution < -0.4 is 0 Å². The van der Waals surface area contributed by atoms with Crippen LogP contribution in [-0.4, -0.2) is 15.0 Å². The van der Waals surface area contributed by atoms with Gasteiger partial charge in [-0.1, -0.05) is 170 Å². The van der Waals surface area contributed by atoms with Crippen LogP contribution in [0.2, 0.25) is 0 Å². The highest BCUT2D eigenvalue weighted by atomic mass is 14.8. The highest BCUT2D eigenvalue weighted by Gasteiger charge is 2.25. The largest absolute Gasteiger partial charge is 0.254 e. The average Bonchev–Trinajstić information content (AvgIpc) is 3.21. The molecule has 3 heteroatoms. The van der Waals surface area contributed by atoms with Gasteiger partial charge in [0.1, 0.15) is 0 Å². The Hall–Kier alpha value is -6.71. The number of hydrogen-bond donors (Lipinski definition) is 0. The second-order valence-corrected chi connectivity index (χ2v) is 12.4. The van der Waals surface area contributed by atoms with E-state index in [0.717, 1.165) is 89.0 Å². The maximum absolute atomic E-state index is 5.56. The van der Waals surface area contributed by atoms with Crippen molar-refractivity contribution in [1.29, 1.82) is 0 Å². The number of benzene rings is 6. The number of aromatic nitrogens is 3. The molecule has 0 spiro atoms. The summed E-state index contributed by atoms with van der Waals surface area (Å²) >= 11 is 0. The van der Waals surface area contributed by atoms with Crippen LogP contribution in [0.25, 0.3) is 89.0 Å². The fourth-order valence-corrected chi connectivity index (χ4v) is 6.95. The summed E-state index contributed by atoms with van der Waals surface area (Å²) in [5, 5.41) is 2.17. The molecule has 50 heavy (non-hydrogen) atoms. The van der Waals surface area contributed by atoms with Crippen molar-refractivity contribution in [2.45, 2.75) is 0 Å². The molecule has 0 bridgehead atoms. The Labute approximate surface area is 291 Å².